The molecule has 4 heteroatoms. The Morgan fingerprint density at radius 2 is 1.95 bits per heavy atom. The van der Waals surface area contributed by atoms with Crippen molar-refractivity contribution in [2.75, 3.05) is 11.4 Å². The van der Waals surface area contributed by atoms with Gasteiger partial charge in [-0.15, -0.1) is 0 Å². The van der Waals surface area contributed by atoms with Crippen LogP contribution in [0.5, 0.6) is 0 Å². The van der Waals surface area contributed by atoms with E-state index in [1.807, 2.05) is 26.0 Å². The predicted octanol–water partition coefficient (Wildman–Crippen LogP) is 2.59. The molecule has 0 aromatic heterocycles. The molecule has 1 fully saturated rings. The van der Waals surface area contributed by atoms with E-state index < -0.39 is 11.7 Å². The number of Topliss-reactive ketones (excluding diaryl/α,β-unsaturated/α-hetero) is 2. The SMILES string of the molecule is Cc1cc(C)c2c(c1)N(CCC1CCCC1=O)C(=O)C2=O. The van der Waals surface area contributed by atoms with E-state index in [9.17, 15) is 14.4 Å². The van der Waals surface area contributed by atoms with Crippen molar-refractivity contribution in [3.8, 4) is 0 Å². The molecule has 2 aliphatic rings. The maximum atomic E-state index is 12.2. The summed E-state index contributed by atoms with van der Waals surface area (Å²) in [6, 6.07) is 3.82. The van der Waals surface area contributed by atoms with Crippen molar-refractivity contribution < 1.29 is 14.4 Å². The molecule has 1 aliphatic heterocycles. The average Bonchev–Trinajstić information content (AvgIpc) is 2.92. The predicted molar refractivity (Wildman–Crippen MR) is 79.6 cm³/mol. The fourth-order valence-corrected chi connectivity index (χ4v) is 3.49. The number of fused-ring (bicyclic) bond motifs is 1. The van der Waals surface area contributed by atoms with Gasteiger partial charge < -0.3 is 4.90 Å². The Labute approximate surface area is 124 Å². The maximum Gasteiger partial charge on any atom is 0.299 e. The molecule has 1 aromatic rings. The molecule has 1 aromatic carbocycles. The number of nitrogens with zero attached hydrogens (tertiary/aromatic N) is 1. The van der Waals surface area contributed by atoms with Crippen LogP contribution in [0, 0.1) is 19.8 Å². The lowest BCUT2D eigenvalue weighted by Crippen LogP contribution is -2.32. The summed E-state index contributed by atoms with van der Waals surface area (Å²) in [5.74, 6) is -0.513. The zero-order valence-electron chi connectivity index (χ0n) is 12.4. The Morgan fingerprint density at radius 1 is 1.19 bits per heavy atom. The van der Waals surface area contributed by atoms with Gasteiger partial charge in [0.2, 0.25) is 0 Å². The third kappa shape index (κ3) is 2.28. The quantitative estimate of drug-likeness (QED) is 0.802. The van der Waals surface area contributed by atoms with Gasteiger partial charge in [-0.3, -0.25) is 14.4 Å². The monoisotopic (exact) mass is 285 g/mol. The van der Waals surface area contributed by atoms with E-state index in [1.54, 1.807) is 4.90 Å². The van der Waals surface area contributed by atoms with Gasteiger partial charge in [0.15, 0.2) is 0 Å². The van der Waals surface area contributed by atoms with Gasteiger partial charge in [-0.05, 0) is 50.3 Å². The van der Waals surface area contributed by atoms with Gasteiger partial charge >= 0.3 is 0 Å². The summed E-state index contributed by atoms with van der Waals surface area (Å²) in [6.07, 6.45) is 3.18. The molecular formula is C17H19NO3. The van der Waals surface area contributed by atoms with E-state index in [0.717, 1.165) is 24.0 Å². The summed E-state index contributed by atoms with van der Waals surface area (Å²) in [4.78, 5) is 37.6. The highest BCUT2D eigenvalue weighted by Crippen LogP contribution is 2.34. The summed E-state index contributed by atoms with van der Waals surface area (Å²) in [6.45, 7) is 4.27. The van der Waals surface area contributed by atoms with Crippen LogP contribution in [0.1, 0.15) is 47.2 Å². The Bertz CT molecular complexity index is 648. The molecule has 0 N–H and O–H groups in total. The van der Waals surface area contributed by atoms with E-state index in [-0.39, 0.29) is 5.92 Å². The summed E-state index contributed by atoms with van der Waals surface area (Å²) < 4.78 is 0. The van der Waals surface area contributed by atoms with Gasteiger partial charge in [0.1, 0.15) is 5.78 Å². The number of benzene rings is 1. The number of amides is 1. The second-order valence-electron chi connectivity index (χ2n) is 6.11. The zero-order chi connectivity index (χ0) is 15.1. The second-order valence-corrected chi connectivity index (χ2v) is 6.11. The third-order valence-electron chi connectivity index (χ3n) is 4.55. The normalized spacial score (nSPS) is 21.3. The molecule has 0 radical (unpaired) electrons. The van der Waals surface area contributed by atoms with Crippen LogP contribution in [-0.2, 0) is 9.59 Å². The van der Waals surface area contributed by atoms with Gasteiger partial charge in [-0.25, -0.2) is 0 Å². The van der Waals surface area contributed by atoms with Crippen molar-refractivity contribution in [3.63, 3.8) is 0 Å². The Balaban J connectivity index is 1.85. The lowest BCUT2D eigenvalue weighted by Gasteiger charge is -2.19. The van der Waals surface area contributed by atoms with Gasteiger partial charge in [0.25, 0.3) is 11.7 Å². The largest absolute Gasteiger partial charge is 0.305 e. The van der Waals surface area contributed by atoms with E-state index in [2.05, 4.69) is 0 Å². The first-order valence-electron chi connectivity index (χ1n) is 7.49. The van der Waals surface area contributed by atoms with Crippen LogP contribution < -0.4 is 4.90 Å². The fourth-order valence-electron chi connectivity index (χ4n) is 3.49. The highest BCUT2D eigenvalue weighted by Gasteiger charge is 2.37. The molecule has 1 atom stereocenters. The number of hydrogen-bond donors (Lipinski definition) is 0. The van der Waals surface area contributed by atoms with Crippen LogP contribution in [0.15, 0.2) is 12.1 Å². The summed E-state index contributed by atoms with van der Waals surface area (Å²) >= 11 is 0. The Hall–Kier alpha value is -1.97. The maximum absolute atomic E-state index is 12.2. The molecule has 1 aliphatic carbocycles. The van der Waals surface area contributed by atoms with E-state index in [0.29, 0.717) is 36.4 Å². The van der Waals surface area contributed by atoms with Crippen LogP contribution in [0.2, 0.25) is 0 Å². The number of rotatable bonds is 3. The van der Waals surface area contributed by atoms with Crippen molar-refractivity contribution in [2.45, 2.75) is 39.5 Å². The molecule has 0 spiro atoms. The minimum Gasteiger partial charge on any atom is -0.305 e. The molecular weight excluding hydrogens is 266 g/mol. The van der Waals surface area contributed by atoms with Crippen molar-refractivity contribution >= 4 is 23.2 Å². The van der Waals surface area contributed by atoms with Crippen molar-refractivity contribution in [1.29, 1.82) is 0 Å². The number of ketones is 2. The number of hydrogen-bond acceptors (Lipinski definition) is 3. The molecule has 1 unspecified atom stereocenters. The Morgan fingerprint density at radius 3 is 2.62 bits per heavy atom. The average molecular weight is 285 g/mol. The third-order valence-corrected chi connectivity index (χ3v) is 4.55. The van der Waals surface area contributed by atoms with Crippen LogP contribution in [0.3, 0.4) is 0 Å². The number of carbonyl (C=O) groups is 3. The van der Waals surface area contributed by atoms with Crippen LogP contribution >= 0.6 is 0 Å². The molecule has 110 valence electrons. The molecule has 0 bridgehead atoms. The number of carbonyl (C=O) groups excluding carboxylic acids is 3. The van der Waals surface area contributed by atoms with E-state index in [4.69, 9.17) is 0 Å². The van der Waals surface area contributed by atoms with Crippen LogP contribution in [0.25, 0.3) is 0 Å². The summed E-state index contributed by atoms with van der Waals surface area (Å²) in [5.41, 5.74) is 3.13. The molecule has 0 saturated heterocycles. The molecule has 1 heterocycles. The molecule has 4 nitrogen and oxygen atoms in total. The molecule has 1 saturated carbocycles. The van der Waals surface area contributed by atoms with E-state index in [1.165, 1.54) is 0 Å². The van der Waals surface area contributed by atoms with Crippen LogP contribution in [0.4, 0.5) is 5.69 Å². The smallest absolute Gasteiger partial charge is 0.299 e. The zero-order valence-corrected chi connectivity index (χ0v) is 12.4. The van der Waals surface area contributed by atoms with Gasteiger partial charge in [-0.2, -0.15) is 0 Å². The van der Waals surface area contributed by atoms with E-state index >= 15 is 0 Å². The molecule has 1 amide bonds. The van der Waals surface area contributed by atoms with Crippen LogP contribution in [-0.4, -0.2) is 24.0 Å². The van der Waals surface area contributed by atoms with Crippen molar-refractivity contribution in [2.24, 2.45) is 5.92 Å². The van der Waals surface area contributed by atoms with Gasteiger partial charge in [0, 0.05) is 18.9 Å². The minimum absolute atomic E-state index is 0.0582. The van der Waals surface area contributed by atoms with Crippen molar-refractivity contribution in [3.05, 3.63) is 28.8 Å². The second kappa shape index (κ2) is 5.10. The highest BCUT2D eigenvalue weighted by molar-refractivity contribution is 6.52. The highest BCUT2D eigenvalue weighted by atomic mass is 16.2. The number of aryl methyl sites for hydroxylation is 2. The number of anilines is 1. The fraction of sp³-hybridized carbons (Fsp3) is 0.471. The topological polar surface area (TPSA) is 54.5 Å². The lowest BCUT2D eigenvalue weighted by molar-refractivity contribution is -0.121. The lowest BCUT2D eigenvalue weighted by atomic mass is 10.0. The van der Waals surface area contributed by atoms with Gasteiger partial charge in [-0.1, -0.05) is 6.07 Å². The Kier molecular flexibility index (Phi) is 3.40. The first-order chi connectivity index (χ1) is 9.99. The summed E-state index contributed by atoms with van der Waals surface area (Å²) in [5, 5.41) is 0. The summed E-state index contributed by atoms with van der Waals surface area (Å²) in [7, 11) is 0. The molecule has 3 rings (SSSR count). The minimum atomic E-state index is -0.454. The van der Waals surface area contributed by atoms with Gasteiger partial charge in [0.05, 0.1) is 11.3 Å². The first kappa shape index (κ1) is 14.0. The standard InChI is InChI=1S/C17H19NO3/c1-10-8-11(2)15-13(9-10)18(17(21)16(15)20)7-6-12-4-3-5-14(12)19/h8-9,12H,3-7H2,1-2H3. The molecule has 21 heavy (non-hydrogen) atoms. The van der Waals surface area contributed by atoms with Crippen molar-refractivity contribution in [1.82, 2.24) is 0 Å². The first-order valence-corrected chi connectivity index (χ1v) is 7.49.